The summed E-state index contributed by atoms with van der Waals surface area (Å²) in [7, 11) is 0. The summed E-state index contributed by atoms with van der Waals surface area (Å²) in [6.45, 7) is 31.1. The maximum atomic E-state index is 13.0. The summed E-state index contributed by atoms with van der Waals surface area (Å²) in [5.41, 5.74) is 31.9. The third-order valence-electron chi connectivity index (χ3n) is 18.6. The third-order valence-corrected chi connectivity index (χ3v) is 18.6. The maximum Gasteiger partial charge on any atom is 0.132 e. The van der Waals surface area contributed by atoms with E-state index < -0.39 is 0 Å². The minimum atomic E-state index is 0.114. The van der Waals surface area contributed by atoms with Gasteiger partial charge in [0.05, 0.1) is 0 Å². The van der Waals surface area contributed by atoms with Crippen LogP contribution in [0.3, 0.4) is 0 Å². The normalized spacial score (nSPS) is 11.9. The van der Waals surface area contributed by atoms with Gasteiger partial charge in [-0.2, -0.15) is 0 Å². The molecule has 0 amide bonds. The van der Waals surface area contributed by atoms with Crippen molar-refractivity contribution in [3.63, 3.8) is 0 Å². The highest BCUT2D eigenvalue weighted by atomic mass is 16.3. The Balaban J connectivity index is 0.840. The molecule has 12 rings (SSSR count). The largest absolute Gasteiger partial charge is 0.507 e. The number of benzene rings is 12. The molecule has 12 aromatic rings. The Morgan fingerprint density at radius 1 is 0.264 bits per heavy atom. The Morgan fingerprint density at radius 3 is 0.920 bits per heavy atom. The van der Waals surface area contributed by atoms with Gasteiger partial charge in [-0.1, -0.05) is 236 Å². The smallest absolute Gasteiger partial charge is 0.132 e. The second-order valence-electron chi connectivity index (χ2n) is 26.9. The molecule has 2 heteroatoms. The van der Waals surface area contributed by atoms with Crippen molar-refractivity contribution in [2.45, 2.75) is 114 Å². The van der Waals surface area contributed by atoms with Crippen LogP contribution in [-0.4, -0.2) is 10.2 Å². The molecule has 0 fully saturated rings. The molecule has 0 heterocycles. The van der Waals surface area contributed by atoms with Gasteiger partial charge in [-0.15, -0.1) is 0 Å². The maximum absolute atomic E-state index is 13.0. The molecule has 0 saturated heterocycles. The van der Waals surface area contributed by atoms with Crippen LogP contribution in [0.4, 0.5) is 0 Å². The van der Waals surface area contributed by atoms with Crippen molar-refractivity contribution in [3.05, 3.63) is 273 Å². The Labute approximate surface area is 516 Å². The number of aromatic hydroxyl groups is 2. The second kappa shape index (κ2) is 22.6. The van der Waals surface area contributed by atoms with Gasteiger partial charge in [0, 0.05) is 23.1 Å². The first-order valence-electron chi connectivity index (χ1n) is 30.9. The summed E-state index contributed by atoms with van der Waals surface area (Å²) >= 11 is 0. The lowest BCUT2D eigenvalue weighted by Gasteiger charge is -2.21. The molecular formula is C85H80O2. The highest BCUT2D eigenvalue weighted by molar-refractivity contribution is 6.12. The number of phenols is 2. The van der Waals surface area contributed by atoms with Gasteiger partial charge in [-0.3, -0.25) is 0 Å². The first kappa shape index (κ1) is 58.2. The average Bonchev–Trinajstić information content (AvgIpc) is 1.19. The number of aryl methyl sites for hydroxylation is 8. The van der Waals surface area contributed by atoms with Crippen molar-refractivity contribution in [2.24, 2.45) is 0 Å². The van der Waals surface area contributed by atoms with Gasteiger partial charge in [-0.25, -0.2) is 0 Å². The van der Waals surface area contributed by atoms with Gasteiger partial charge in [-0.05, 0) is 239 Å². The number of rotatable bonds is 10. The first-order valence-corrected chi connectivity index (χ1v) is 30.9. The topological polar surface area (TPSA) is 40.5 Å². The molecule has 0 radical (unpaired) electrons. The Kier molecular flexibility index (Phi) is 15.1. The van der Waals surface area contributed by atoms with Gasteiger partial charge in [0.1, 0.15) is 11.5 Å². The van der Waals surface area contributed by atoms with E-state index in [0.29, 0.717) is 17.5 Å². The lowest BCUT2D eigenvalue weighted by molar-refractivity contribution is 0.467. The number of phenolic OH excluding ortho intramolecular Hbond substituents is 2. The molecule has 0 aromatic heterocycles. The van der Waals surface area contributed by atoms with Crippen molar-refractivity contribution < 1.29 is 10.2 Å². The Bertz CT molecular complexity index is 4650. The zero-order valence-electron chi connectivity index (χ0n) is 53.2. The first-order chi connectivity index (χ1) is 41.5. The SMILES string of the molecule is Cc1cc(-c2ccc(-c3cc(C)c(-c4ccc(C(C)(C)C)cc4)cc3C)cc2)c(C)cc1Cc1cc2ccccc2c(-c2c(O)c(-c3cc(C)c(-c4ccc(-c5cc(C)c(-c6ccc(C(C)(C)C)cc6)cc5C)cc4)cc3C)cc3ccccc23)c1O. The molecule has 0 bridgehead atoms. The van der Waals surface area contributed by atoms with E-state index in [2.05, 4.69) is 285 Å². The van der Waals surface area contributed by atoms with E-state index in [1.807, 2.05) is 18.2 Å². The summed E-state index contributed by atoms with van der Waals surface area (Å²) in [6.07, 6.45) is 0.516. The lowest BCUT2D eigenvalue weighted by Crippen LogP contribution is -2.10. The highest BCUT2D eigenvalue weighted by Gasteiger charge is 2.25. The minimum absolute atomic E-state index is 0.114. The Morgan fingerprint density at radius 2 is 0.552 bits per heavy atom. The number of hydrogen-bond donors (Lipinski definition) is 2. The number of fused-ring (bicyclic) bond motifs is 2. The predicted molar refractivity (Wildman–Crippen MR) is 373 cm³/mol. The molecule has 0 atom stereocenters. The van der Waals surface area contributed by atoms with Gasteiger partial charge >= 0.3 is 0 Å². The van der Waals surface area contributed by atoms with E-state index in [4.69, 9.17) is 0 Å². The molecule has 0 spiro atoms. The fraction of sp³-hybridized carbons (Fsp3) is 0.200. The molecule has 2 N–H and O–H groups in total. The lowest BCUT2D eigenvalue weighted by atomic mass is 9.84. The summed E-state index contributed by atoms with van der Waals surface area (Å²) in [6, 6.07) is 75.2. The van der Waals surface area contributed by atoms with Gasteiger partial charge in [0.2, 0.25) is 0 Å². The van der Waals surface area contributed by atoms with E-state index in [0.717, 1.165) is 71.6 Å². The van der Waals surface area contributed by atoms with E-state index >= 15 is 0 Å². The van der Waals surface area contributed by atoms with Crippen LogP contribution in [0.1, 0.15) is 108 Å². The van der Waals surface area contributed by atoms with Crippen molar-refractivity contribution in [1.29, 1.82) is 0 Å². The zero-order chi connectivity index (χ0) is 61.4. The van der Waals surface area contributed by atoms with E-state index in [1.165, 1.54) is 94.6 Å². The molecular weight excluding hydrogens is 1050 g/mol. The van der Waals surface area contributed by atoms with E-state index in [1.54, 1.807) is 0 Å². The monoisotopic (exact) mass is 1130 g/mol. The van der Waals surface area contributed by atoms with Crippen LogP contribution in [0.25, 0.3) is 111 Å². The third kappa shape index (κ3) is 11.1. The molecule has 12 aromatic carbocycles. The van der Waals surface area contributed by atoms with Crippen LogP contribution in [0.2, 0.25) is 0 Å². The summed E-state index contributed by atoms with van der Waals surface area (Å²) in [5, 5.41) is 29.6. The van der Waals surface area contributed by atoms with Crippen LogP contribution >= 0.6 is 0 Å². The van der Waals surface area contributed by atoms with E-state index in [9.17, 15) is 10.2 Å². The standard InChI is InChI=1S/C85H80O2/c1-50-40-72(58-23-25-59(26-24-58)73-41-54(5)75(43-52(73)3)62-31-35-68(36-32-62)84(9,10)11)51(2)39-66(50)48-67-47-64-19-15-17-21-70(64)80(82(67)86)81-71-22-18-16-20-65(71)49-79(83(81)87)78-46-56(7)77(45-57(78)8)61-29-27-60(28-30-61)74-42-55(6)76(44-53(74)4)63-33-37-69(38-34-63)85(12,13)14/h15-47,49,86-87H,48H2,1-14H3. The highest BCUT2D eigenvalue weighted by Crippen LogP contribution is 2.51. The molecule has 0 aliphatic heterocycles. The molecule has 432 valence electrons. The molecule has 87 heavy (non-hydrogen) atoms. The quantitative estimate of drug-likeness (QED) is 0.143. The number of hydrogen-bond acceptors (Lipinski definition) is 2. The average molecular weight is 1130 g/mol. The second-order valence-corrected chi connectivity index (χ2v) is 26.9. The summed E-state index contributed by atoms with van der Waals surface area (Å²) < 4.78 is 0. The van der Waals surface area contributed by atoms with Gasteiger partial charge in [0.25, 0.3) is 0 Å². The zero-order valence-corrected chi connectivity index (χ0v) is 53.2. The molecule has 0 aliphatic carbocycles. The molecule has 0 saturated carbocycles. The predicted octanol–water partition coefficient (Wildman–Crippen LogP) is 23.4. The van der Waals surface area contributed by atoms with Crippen molar-refractivity contribution in [3.8, 4) is 101 Å². The molecule has 0 aliphatic rings. The fourth-order valence-electron chi connectivity index (χ4n) is 13.4. The van der Waals surface area contributed by atoms with Gasteiger partial charge in [0.15, 0.2) is 0 Å². The summed E-state index contributed by atoms with van der Waals surface area (Å²) in [5.74, 6) is 0.329. The van der Waals surface area contributed by atoms with Crippen LogP contribution in [0.15, 0.2) is 206 Å². The molecule has 0 unspecified atom stereocenters. The van der Waals surface area contributed by atoms with Gasteiger partial charge < -0.3 is 10.2 Å². The fourth-order valence-corrected chi connectivity index (χ4v) is 13.4. The van der Waals surface area contributed by atoms with Crippen molar-refractivity contribution in [2.75, 3.05) is 0 Å². The minimum Gasteiger partial charge on any atom is -0.507 e. The van der Waals surface area contributed by atoms with Crippen LogP contribution in [0.5, 0.6) is 11.5 Å². The van der Waals surface area contributed by atoms with Crippen molar-refractivity contribution in [1.82, 2.24) is 0 Å². The van der Waals surface area contributed by atoms with E-state index in [-0.39, 0.29) is 22.3 Å². The molecule has 2 nitrogen and oxygen atoms in total. The van der Waals surface area contributed by atoms with Crippen LogP contribution in [0, 0.1) is 55.4 Å². The van der Waals surface area contributed by atoms with Crippen LogP contribution in [-0.2, 0) is 17.3 Å². The summed E-state index contributed by atoms with van der Waals surface area (Å²) in [4.78, 5) is 0. The Hall–Kier alpha value is -9.24. The van der Waals surface area contributed by atoms with Crippen LogP contribution < -0.4 is 0 Å². The van der Waals surface area contributed by atoms with Crippen molar-refractivity contribution >= 4 is 21.5 Å².